The third-order valence-corrected chi connectivity index (χ3v) is 15.2. The third-order valence-electron chi connectivity index (χ3n) is 15.2. The second-order valence-electron chi connectivity index (χ2n) is 20.2. The number of nitrogens with one attached hydrogen (secondary N) is 4. The van der Waals surface area contributed by atoms with Crippen molar-refractivity contribution in [3.63, 3.8) is 0 Å². The molecule has 0 radical (unpaired) electrons. The summed E-state index contributed by atoms with van der Waals surface area (Å²) in [6, 6.07) is 5.91. The summed E-state index contributed by atoms with van der Waals surface area (Å²) >= 11 is 0. The predicted octanol–water partition coefficient (Wildman–Crippen LogP) is 5.65. The zero-order valence-electron chi connectivity index (χ0n) is 42.1. The number of hydrogen-bond donors (Lipinski definition) is 4. The molecule has 1 aromatic carbocycles. The van der Waals surface area contributed by atoms with E-state index >= 15 is 0 Å². The van der Waals surface area contributed by atoms with Crippen molar-refractivity contribution < 1.29 is 46.6 Å². The van der Waals surface area contributed by atoms with Crippen molar-refractivity contribution in [2.24, 2.45) is 17.8 Å². The smallest absolute Gasteiger partial charge is 0.381 e. The number of carbonyl (C=O) groups excluding carboxylic acids is 5. The third kappa shape index (κ3) is 14.0. The molecule has 72 heavy (non-hydrogen) atoms. The van der Waals surface area contributed by atoms with Gasteiger partial charge in [0.15, 0.2) is 0 Å². The first-order valence-corrected chi connectivity index (χ1v) is 25.9. The fourth-order valence-electron chi connectivity index (χ4n) is 10.8. The van der Waals surface area contributed by atoms with Gasteiger partial charge in [-0.05, 0) is 128 Å². The number of pyridine rings is 1. The lowest BCUT2D eigenvalue weighted by Gasteiger charge is -2.45. The highest BCUT2D eigenvalue weighted by Gasteiger charge is 2.45. The second kappa shape index (κ2) is 25.5. The van der Waals surface area contributed by atoms with Crippen LogP contribution in [-0.2, 0) is 39.6 Å². The first-order valence-electron chi connectivity index (χ1n) is 25.9. The van der Waals surface area contributed by atoms with E-state index in [-0.39, 0.29) is 89.2 Å². The van der Waals surface area contributed by atoms with Crippen molar-refractivity contribution in [3.8, 4) is 0 Å². The molecule has 2 aliphatic heterocycles. The minimum atomic E-state index is -4.55. The first-order chi connectivity index (χ1) is 34.6. The summed E-state index contributed by atoms with van der Waals surface area (Å²) in [6.07, 6.45) is 8.34. The molecular formula is C52H73F3N10O7. The van der Waals surface area contributed by atoms with Gasteiger partial charge in [-0.15, -0.1) is 0 Å². The van der Waals surface area contributed by atoms with Crippen LogP contribution >= 0.6 is 0 Å². The van der Waals surface area contributed by atoms with E-state index in [2.05, 4.69) is 62.0 Å². The monoisotopic (exact) mass is 1010 g/mol. The summed E-state index contributed by atoms with van der Waals surface area (Å²) in [5.74, 6) is -1.13. The van der Waals surface area contributed by atoms with Crippen LogP contribution in [0.2, 0.25) is 0 Å². The van der Waals surface area contributed by atoms with Gasteiger partial charge in [-0.3, -0.25) is 29.0 Å². The number of carbonyl (C=O) groups is 5. The maximum Gasteiger partial charge on any atom is 0.416 e. The molecule has 4 heterocycles. The van der Waals surface area contributed by atoms with Gasteiger partial charge in [-0.1, -0.05) is 6.07 Å². The van der Waals surface area contributed by atoms with Gasteiger partial charge in [0, 0.05) is 101 Å². The molecule has 2 aromatic heterocycles. The summed E-state index contributed by atoms with van der Waals surface area (Å²) in [6.45, 7) is 7.90. The van der Waals surface area contributed by atoms with Crippen molar-refractivity contribution >= 4 is 46.3 Å². The molecule has 17 nitrogen and oxygen atoms in total. The predicted molar refractivity (Wildman–Crippen MR) is 264 cm³/mol. The van der Waals surface area contributed by atoms with Crippen LogP contribution in [0.3, 0.4) is 0 Å². The number of unbranched alkanes of at least 4 members (excludes halogenated alkanes) is 1. The number of ether oxygens (including phenoxy) is 2. The van der Waals surface area contributed by atoms with Crippen LogP contribution in [0.4, 0.5) is 19.0 Å². The number of halogens is 3. The van der Waals surface area contributed by atoms with Gasteiger partial charge in [0.1, 0.15) is 18.2 Å². The Labute approximate surface area is 420 Å². The molecular weight excluding hydrogens is 934 g/mol. The second-order valence-corrected chi connectivity index (χ2v) is 20.2. The highest BCUT2D eigenvalue weighted by atomic mass is 19.4. The van der Waals surface area contributed by atoms with Crippen LogP contribution in [-0.4, -0.2) is 150 Å². The molecule has 0 unspecified atom stereocenters. The minimum absolute atomic E-state index is 0.000816. The number of benzene rings is 1. The fourth-order valence-corrected chi connectivity index (χ4v) is 10.8. The van der Waals surface area contributed by atoms with Crippen molar-refractivity contribution in [1.82, 2.24) is 45.6 Å². The number of rotatable bonds is 23. The lowest BCUT2D eigenvalue weighted by Crippen LogP contribution is -2.59. The Morgan fingerprint density at radius 3 is 2.17 bits per heavy atom. The molecule has 4 aliphatic rings. The van der Waals surface area contributed by atoms with Gasteiger partial charge in [-0.2, -0.15) is 13.2 Å². The topological polar surface area (TPSA) is 200 Å². The van der Waals surface area contributed by atoms with Crippen LogP contribution in [0.25, 0.3) is 10.9 Å². The molecule has 0 bridgehead atoms. The maximum atomic E-state index is 14.1. The number of anilines is 1. The molecule has 7 rings (SSSR count). The van der Waals surface area contributed by atoms with Crippen LogP contribution in [0.15, 0.2) is 49.1 Å². The highest BCUT2D eigenvalue weighted by Crippen LogP contribution is 2.38. The number of nitrogens with zero attached hydrogens (tertiary/aromatic N) is 6. The number of fused-ring (bicyclic) bond motifs is 1. The number of likely N-dealkylation sites (tertiary alicyclic amines) is 2. The molecule has 20 heteroatoms. The van der Waals surface area contributed by atoms with Gasteiger partial charge < -0.3 is 45.4 Å². The lowest BCUT2D eigenvalue weighted by molar-refractivity contribution is -0.137. The molecule has 0 spiro atoms. The summed E-state index contributed by atoms with van der Waals surface area (Å²) in [7, 11) is 3.81. The largest absolute Gasteiger partial charge is 0.416 e. The molecule has 394 valence electrons. The van der Waals surface area contributed by atoms with E-state index in [1.54, 1.807) is 30.4 Å². The maximum absolute atomic E-state index is 14.1. The molecule has 2 saturated heterocycles. The molecule has 4 fully saturated rings. The van der Waals surface area contributed by atoms with E-state index in [0.29, 0.717) is 109 Å². The molecule has 4 N–H and O–H groups in total. The quantitative estimate of drug-likeness (QED) is 0.0853. The van der Waals surface area contributed by atoms with Crippen molar-refractivity contribution in [2.75, 3.05) is 65.5 Å². The lowest BCUT2D eigenvalue weighted by atomic mass is 9.80. The van der Waals surface area contributed by atoms with E-state index < -0.39 is 23.7 Å². The van der Waals surface area contributed by atoms with Crippen LogP contribution in [0, 0.1) is 17.8 Å². The van der Waals surface area contributed by atoms with Gasteiger partial charge >= 0.3 is 6.18 Å². The molecule has 3 aromatic rings. The van der Waals surface area contributed by atoms with Crippen LogP contribution < -0.4 is 21.3 Å². The number of amides is 5. The Hall–Kier alpha value is -5.47. The number of hydrogen-bond acceptors (Lipinski definition) is 12. The summed E-state index contributed by atoms with van der Waals surface area (Å²) in [5, 5.41) is 12.7. The van der Waals surface area contributed by atoms with E-state index in [1.807, 2.05) is 11.0 Å². The zero-order valence-corrected chi connectivity index (χ0v) is 42.1. The fraction of sp³-hybridized carbons (Fsp3) is 0.654. The van der Waals surface area contributed by atoms with Crippen molar-refractivity contribution in [1.29, 1.82) is 0 Å². The first kappa shape index (κ1) is 54.3. The minimum Gasteiger partial charge on any atom is -0.381 e. The number of alkyl halides is 3. The van der Waals surface area contributed by atoms with Crippen LogP contribution in [0.1, 0.15) is 114 Å². The highest BCUT2D eigenvalue weighted by molar-refractivity contribution is 5.93. The van der Waals surface area contributed by atoms with E-state index in [4.69, 9.17) is 9.47 Å². The molecule has 6 atom stereocenters. The van der Waals surface area contributed by atoms with Crippen molar-refractivity contribution in [2.45, 2.75) is 140 Å². The SMILES string of the molecule is CC(C)N(C)[C@@H]1CC[C@H](N2CC[C@H](Nc3ncnc4ccc(C(F)(F)F)cc34)C2=O)[C@H](NC(=O)C2CCC(C(=O)NCCCOCCCCOCCCNC(=O)[C@H]3CC(=O)N(C)[C@@H]3c3cccnc3)CC2)C1. The van der Waals surface area contributed by atoms with Gasteiger partial charge in [0.25, 0.3) is 0 Å². The van der Waals surface area contributed by atoms with Gasteiger partial charge in [0.05, 0.1) is 35.1 Å². The average Bonchev–Trinajstić information content (AvgIpc) is 3.89. The van der Waals surface area contributed by atoms with E-state index in [9.17, 15) is 37.1 Å². The Bertz CT molecular complexity index is 2300. The van der Waals surface area contributed by atoms with Gasteiger partial charge in [-0.25, -0.2) is 9.97 Å². The molecule has 2 saturated carbocycles. The van der Waals surface area contributed by atoms with Crippen molar-refractivity contribution in [3.05, 3.63) is 60.2 Å². The summed E-state index contributed by atoms with van der Waals surface area (Å²) in [4.78, 5) is 84.7. The molecule has 5 amide bonds. The van der Waals surface area contributed by atoms with Crippen LogP contribution in [0.5, 0.6) is 0 Å². The Morgan fingerprint density at radius 2 is 1.51 bits per heavy atom. The summed E-state index contributed by atoms with van der Waals surface area (Å²) in [5.41, 5.74) is 0.359. The number of aromatic nitrogens is 3. The normalized spacial score (nSPS) is 24.8. The van der Waals surface area contributed by atoms with E-state index in [0.717, 1.165) is 37.0 Å². The summed E-state index contributed by atoms with van der Waals surface area (Å²) < 4.78 is 52.3. The average molecular weight is 1010 g/mol. The Balaban J connectivity index is 0.763. The standard InChI is InChI=1S/C52H73F3N10O7/c1-33(2)63(3)38-16-18-44(65-23-19-42(51(65)70)61-47-39-28-37(52(53,54)55)15-17-41(39)59-32-60-47)43(29-38)62-49(68)35-13-11-34(12-14-35)48(67)57-21-8-26-71-24-5-6-25-72-27-9-22-58-50(69)40-30-45(66)64(4)46(40)36-10-7-20-56-31-36/h7,10,15,17,20,28,31-35,38,40,42-44,46H,5-6,8-9,11-14,16,18-19,21-27,29-30H2,1-4H3,(H,57,67)(H,58,69)(H,62,68)(H,59,60,61)/t34?,35?,38-,40+,42+,43-,44+,46-/m1/s1. The van der Waals surface area contributed by atoms with E-state index in [1.165, 1.54) is 12.4 Å². The molecule has 2 aliphatic carbocycles. The van der Waals surface area contributed by atoms with Gasteiger partial charge in [0.2, 0.25) is 29.5 Å². The Kier molecular flexibility index (Phi) is 19.2. The zero-order chi connectivity index (χ0) is 51.4. The Morgan fingerprint density at radius 1 is 0.847 bits per heavy atom.